The first-order valence-corrected chi connectivity index (χ1v) is 9.43. The Morgan fingerprint density at radius 3 is 2.50 bits per heavy atom. The standard InChI is InChI=1S/C23H25NO4/c1-15(2)28-20-12-8-7-11-18(20)19-13-21(25)24-16(3)22(19)23(26)27-14-17-9-5-4-6-10-17/h4-12,15,19H,13-14H2,1-3H3,(H,24,25)/t19-/m0/s1. The monoisotopic (exact) mass is 379 g/mol. The molecular weight excluding hydrogens is 354 g/mol. The summed E-state index contributed by atoms with van der Waals surface area (Å²) in [6.07, 6.45) is 0.156. The first-order valence-electron chi connectivity index (χ1n) is 9.43. The Balaban J connectivity index is 1.90. The van der Waals surface area contributed by atoms with Crippen LogP contribution in [-0.4, -0.2) is 18.0 Å². The summed E-state index contributed by atoms with van der Waals surface area (Å²) in [5.41, 5.74) is 2.72. The van der Waals surface area contributed by atoms with Gasteiger partial charge in [-0.15, -0.1) is 0 Å². The van der Waals surface area contributed by atoms with Crippen LogP contribution in [0.4, 0.5) is 0 Å². The third-order valence-corrected chi connectivity index (χ3v) is 4.56. The molecule has 0 fully saturated rings. The minimum Gasteiger partial charge on any atom is -0.491 e. The average molecular weight is 379 g/mol. The molecular formula is C23H25NO4. The molecule has 0 aliphatic carbocycles. The van der Waals surface area contributed by atoms with Gasteiger partial charge in [0.15, 0.2) is 0 Å². The van der Waals surface area contributed by atoms with Crippen LogP contribution in [0.15, 0.2) is 65.9 Å². The molecule has 28 heavy (non-hydrogen) atoms. The van der Waals surface area contributed by atoms with E-state index in [-0.39, 0.29) is 25.0 Å². The minimum atomic E-state index is -0.425. The van der Waals surface area contributed by atoms with Crippen molar-refractivity contribution in [1.29, 1.82) is 0 Å². The van der Waals surface area contributed by atoms with E-state index in [4.69, 9.17) is 9.47 Å². The Morgan fingerprint density at radius 2 is 1.79 bits per heavy atom. The number of benzene rings is 2. The number of carbonyl (C=O) groups excluding carboxylic acids is 2. The smallest absolute Gasteiger partial charge is 0.336 e. The van der Waals surface area contributed by atoms with E-state index < -0.39 is 11.9 Å². The Labute approximate surface area is 165 Å². The maximum Gasteiger partial charge on any atom is 0.336 e. The second-order valence-electron chi connectivity index (χ2n) is 7.11. The van der Waals surface area contributed by atoms with Crippen LogP contribution in [0.5, 0.6) is 5.75 Å². The van der Waals surface area contributed by atoms with Gasteiger partial charge in [0.25, 0.3) is 0 Å². The summed E-state index contributed by atoms with van der Waals surface area (Å²) in [4.78, 5) is 25.1. The highest BCUT2D eigenvalue weighted by Crippen LogP contribution is 2.38. The molecule has 1 aliphatic rings. The first kappa shape index (κ1) is 19.7. The summed E-state index contributed by atoms with van der Waals surface area (Å²) in [7, 11) is 0. The number of ether oxygens (including phenoxy) is 2. The number of hydrogen-bond donors (Lipinski definition) is 1. The fourth-order valence-electron chi connectivity index (χ4n) is 3.37. The van der Waals surface area contributed by atoms with Crippen molar-refractivity contribution in [2.75, 3.05) is 0 Å². The minimum absolute atomic E-state index is 0.0166. The third-order valence-electron chi connectivity index (χ3n) is 4.56. The zero-order chi connectivity index (χ0) is 20.1. The van der Waals surface area contributed by atoms with E-state index in [1.165, 1.54) is 0 Å². The number of rotatable bonds is 6. The van der Waals surface area contributed by atoms with Crippen molar-refractivity contribution in [3.05, 3.63) is 77.0 Å². The van der Waals surface area contributed by atoms with Crippen LogP contribution in [0.1, 0.15) is 44.2 Å². The Morgan fingerprint density at radius 1 is 1.11 bits per heavy atom. The third kappa shape index (κ3) is 4.60. The van der Waals surface area contributed by atoms with Gasteiger partial charge in [-0.25, -0.2) is 4.79 Å². The van der Waals surface area contributed by atoms with E-state index in [2.05, 4.69) is 5.32 Å². The molecule has 2 aromatic carbocycles. The van der Waals surface area contributed by atoms with Gasteiger partial charge < -0.3 is 14.8 Å². The topological polar surface area (TPSA) is 64.6 Å². The molecule has 5 nitrogen and oxygen atoms in total. The lowest BCUT2D eigenvalue weighted by Gasteiger charge is -2.28. The molecule has 0 unspecified atom stereocenters. The lowest BCUT2D eigenvalue weighted by Crippen LogP contribution is -2.34. The molecule has 0 saturated carbocycles. The van der Waals surface area contributed by atoms with Crippen molar-refractivity contribution in [2.24, 2.45) is 0 Å². The van der Waals surface area contributed by atoms with Crippen molar-refractivity contribution in [2.45, 2.75) is 45.8 Å². The zero-order valence-electron chi connectivity index (χ0n) is 16.4. The van der Waals surface area contributed by atoms with Crippen molar-refractivity contribution in [3.8, 4) is 5.75 Å². The van der Waals surface area contributed by atoms with Crippen LogP contribution < -0.4 is 10.1 Å². The number of para-hydroxylation sites is 1. The van der Waals surface area contributed by atoms with Gasteiger partial charge in [0.1, 0.15) is 12.4 Å². The number of carbonyl (C=O) groups is 2. The SMILES string of the molecule is CC1=C(C(=O)OCc2ccccc2)[C@H](c2ccccc2OC(C)C)CC(=O)N1. The van der Waals surface area contributed by atoms with Gasteiger partial charge in [0, 0.05) is 23.6 Å². The number of allylic oxidation sites excluding steroid dienone is 1. The van der Waals surface area contributed by atoms with Gasteiger partial charge in [0.05, 0.1) is 11.7 Å². The second kappa shape index (κ2) is 8.74. The van der Waals surface area contributed by atoms with Gasteiger partial charge in [-0.1, -0.05) is 48.5 Å². The predicted octanol–water partition coefficient (Wildman–Crippen LogP) is 4.09. The highest BCUT2D eigenvalue weighted by Gasteiger charge is 2.34. The molecule has 0 radical (unpaired) electrons. The van der Waals surface area contributed by atoms with Crippen molar-refractivity contribution in [1.82, 2.24) is 5.32 Å². The number of hydrogen-bond acceptors (Lipinski definition) is 4. The van der Waals surface area contributed by atoms with Crippen LogP contribution >= 0.6 is 0 Å². The van der Waals surface area contributed by atoms with Crippen LogP contribution in [0, 0.1) is 0 Å². The molecule has 3 rings (SSSR count). The van der Waals surface area contributed by atoms with Gasteiger partial charge in [-0.05, 0) is 32.4 Å². The number of esters is 1. The summed E-state index contributed by atoms with van der Waals surface area (Å²) in [5.74, 6) is -0.280. The van der Waals surface area contributed by atoms with E-state index in [0.29, 0.717) is 17.0 Å². The molecule has 0 spiro atoms. The maximum absolute atomic E-state index is 12.9. The van der Waals surface area contributed by atoms with E-state index in [1.807, 2.05) is 68.4 Å². The molecule has 0 saturated heterocycles. The van der Waals surface area contributed by atoms with E-state index in [9.17, 15) is 9.59 Å². The van der Waals surface area contributed by atoms with Crippen LogP contribution in [0.25, 0.3) is 0 Å². The fourth-order valence-corrected chi connectivity index (χ4v) is 3.37. The molecule has 2 aromatic rings. The van der Waals surface area contributed by atoms with Gasteiger partial charge in [-0.3, -0.25) is 4.79 Å². The van der Waals surface area contributed by atoms with Crippen molar-refractivity contribution in [3.63, 3.8) is 0 Å². The van der Waals surface area contributed by atoms with Crippen molar-refractivity contribution >= 4 is 11.9 Å². The summed E-state index contributed by atoms with van der Waals surface area (Å²) in [6, 6.07) is 17.1. The summed E-state index contributed by atoms with van der Waals surface area (Å²) >= 11 is 0. The Kier molecular flexibility index (Phi) is 6.14. The lowest BCUT2D eigenvalue weighted by atomic mass is 9.84. The first-order chi connectivity index (χ1) is 13.5. The summed E-state index contributed by atoms with van der Waals surface area (Å²) < 4.78 is 11.5. The van der Waals surface area contributed by atoms with E-state index >= 15 is 0 Å². The molecule has 146 valence electrons. The summed E-state index contributed by atoms with van der Waals surface area (Å²) in [6.45, 7) is 5.80. The van der Waals surface area contributed by atoms with Crippen molar-refractivity contribution < 1.29 is 19.1 Å². The molecule has 1 N–H and O–H groups in total. The van der Waals surface area contributed by atoms with Crippen LogP contribution in [0.2, 0.25) is 0 Å². The fraction of sp³-hybridized carbons (Fsp3) is 0.304. The average Bonchev–Trinajstić information content (AvgIpc) is 2.66. The molecule has 5 heteroatoms. The number of nitrogens with one attached hydrogen (secondary N) is 1. The number of amides is 1. The molecule has 1 amide bonds. The largest absolute Gasteiger partial charge is 0.491 e. The van der Waals surface area contributed by atoms with Crippen LogP contribution in [-0.2, 0) is 20.9 Å². The van der Waals surface area contributed by atoms with Gasteiger partial charge >= 0.3 is 5.97 Å². The van der Waals surface area contributed by atoms with Crippen LogP contribution in [0.3, 0.4) is 0 Å². The molecule has 1 atom stereocenters. The molecule has 0 bridgehead atoms. The quantitative estimate of drug-likeness (QED) is 0.768. The maximum atomic E-state index is 12.9. The molecule has 1 aliphatic heterocycles. The van der Waals surface area contributed by atoms with Gasteiger partial charge in [-0.2, -0.15) is 0 Å². The molecule has 0 aromatic heterocycles. The summed E-state index contributed by atoms with van der Waals surface area (Å²) in [5, 5.41) is 2.77. The highest BCUT2D eigenvalue weighted by molar-refractivity contribution is 5.96. The van der Waals surface area contributed by atoms with E-state index in [1.54, 1.807) is 6.92 Å². The molecule has 1 heterocycles. The Bertz CT molecular complexity index is 886. The normalized spacial score (nSPS) is 16.7. The second-order valence-corrected chi connectivity index (χ2v) is 7.11. The highest BCUT2D eigenvalue weighted by atomic mass is 16.5. The van der Waals surface area contributed by atoms with E-state index in [0.717, 1.165) is 11.1 Å². The predicted molar refractivity (Wildman–Crippen MR) is 107 cm³/mol. The Hall–Kier alpha value is -3.08. The lowest BCUT2D eigenvalue weighted by molar-refractivity contribution is -0.141. The zero-order valence-corrected chi connectivity index (χ0v) is 16.4. The van der Waals surface area contributed by atoms with Gasteiger partial charge in [0.2, 0.25) is 5.91 Å².